The monoisotopic (exact) mass is 494 g/mol. The summed E-state index contributed by atoms with van der Waals surface area (Å²) in [6.45, 7) is 8.38. The van der Waals surface area contributed by atoms with E-state index in [0.717, 1.165) is 50.8 Å². The van der Waals surface area contributed by atoms with E-state index in [9.17, 15) is 18.0 Å². The van der Waals surface area contributed by atoms with Gasteiger partial charge in [-0.2, -0.15) is 23.3 Å². The molecule has 0 spiro atoms. The molecular formula is C23H33F3N8O. The third-order valence-corrected chi connectivity index (χ3v) is 6.64. The lowest BCUT2D eigenvalue weighted by atomic mass is 10.1. The van der Waals surface area contributed by atoms with Crippen LogP contribution in [0, 0.1) is 6.92 Å². The molecule has 0 bridgehead atoms. The van der Waals surface area contributed by atoms with Crippen molar-refractivity contribution in [2.24, 2.45) is 0 Å². The maximum absolute atomic E-state index is 13.5. The molecule has 4 heterocycles. The maximum Gasteiger partial charge on any atom is 0.421 e. The van der Waals surface area contributed by atoms with Gasteiger partial charge in [-0.1, -0.05) is 6.92 Å². The Morgan fingerprint density at radius 3 is 2.77 bits per heavy atom. The first-order valence-corrected chi connectivity index (χ1v) is 12.3. The van der Waals surface area contributed by atoms with Gasteiger partial charge in [-0.25, -0.2) is 4.98 Å². The summed E-state index contributed by atoms with van der Waals surface area (Å²) in [6.07, 6.45) is 2.00. The van der Waals surface area contributed by atoms with Gasteiger partial charge in [0.2, 0.25) is 11.9 Å². The third kappa shape index (κ3) is 6.22. The highest BCUT2D eigenvalue weighted by Crippen LogP contribution is 2.34. The van der Waals surface area contributed by atoms with Crippen molar-refractivity contribution in [3.05, 3.63) is 23.7 Å². The number of aromatic nitrogens is 4. The number of nitrogens with zero attached hydrogens (tertiary/aromatic N) is 6. The van der Waals surface area contributed by atoms with Crippen LogP contribution in [0.4, 0.5) is 30.6 Å². The highest BCUT2D eigenvalue weighted by Gasteiger charge is 2.35. The average Bonchev–Trinajstić information content (AvgIpc) is 3.44. The minimum absolute atomic E-state index is 0.0657. The topological polar surface area (TPSA) is 91.2 Å². The fourth-order valence-electron chi connectivity index (χ4n) is 4.59. The van der Waals surface area contributed by atoms with Crippen molar-refractivity contribution in [2.45, 2.75) is 58.2 Å². The van der Waals surface area contributed by atoms with Crippen molar-refractivity contribution in [1.29, 1.82) is 0 Å². The molecule has 2 aliphatic rings. The maximum atomic E-state index is 13.5. The van der Waals surface area contributed by atoms with Crippen LogP contribution in [-0.2, 0) is 11.0 Å². The van der Waals surface area contributed by atoms with Crippen LogP contribution in [0.3, 0.4) is 0 Å². The van der Waals surface area contributed by atoms with Gasteiger partial charge in [0.05, 0.1) is 17.4 Å². The summed E-state index contributed by atoms with van der Waals surface area (Å²) < 4.78 is 42.6. The zero-order chi connectivity index (χ0) is 25.0. The number of amides is 1. The molecule has 2 N–H and O–H groups in total. The lowest BCUT2D eigenvalue weighted by molar-refractivity contribution is -0.137. The molecule has 0 unspecified atom stereocenters. The molecule has 12 heteroatoms. The number of halogens is 3. The zero-order valence-electron chi connectivity index (χ0n) is 20.2. The first-order valence-electron chi connectivity index (χ1n) is 12.3. The summed E-state index contributed by atoms with van der Waals surface area (Å²) in [7, 11) is 0. The smallest absolute Gasteiger partial charge is 0.369 e. The van der Waals surface area contributed by atoms with Crippen molar-refractivity contribution < 1.29 is 18.0 Å². The lowest BCUT2D eigenvalue weighted by Gasteiger charge is -2.26. The number of anilines is 3. The van der Waals surface area contributed by atoms with E-state index < -0.39 is 11.7 Å². The molecular weight excluding hydrogens is 461 g/mol. The molecule has 2 saturated heterocycles. The summed E-state index contributed by atoms with van der Waals surface area (Å²) in [5, 5.41) is 10.4. The molecule has 2 aliphatic heterocycles. The van der Waals surface area contributed by atoms with E-state index >= 15 is 0 Å². The van der Waals surface area contributed by atoms with Gasteiger partial charge in [0.1, 0.15) is 11.4 Å². The number of hydrogen-bond donors (Lipinski definition) is 2. The van der Waals surface area contributed by atoms with E-state index in [1.165, 1.54) is 0 Å². The second-order valence-electron chi connectivity index (χ2n) is 9.14. The number of likely N-dealkylation sites (tertiary alicyclic amines) is 2. The van der Waals surface area contributed by atoms with Gasteiger partial charge in [-0.15, -0.1) is 0 Å². The van der Waals surface area contributed by atoms with Crippen molar-refractivity contribution in [3.63, 3.8) is 0 Å². The van der Waals surface area contributed by atoms with Gasteiger partial charge < -0.3 is 20.4 Å². The van der Waals surface area contributed by atoms with Crippen LogP contribution in [0.2, 0.25) is 0 Å². The Morgan fingerprint density at radius 1 is 1.23 bits per heavy atom. The van der Waals surface area contributed by atoms with Gasteiger partial charge in [-0.05, 0) is 39.2 Å². The number of likely N-dealkylation sites (N-methyl/N-ethyl adjacent to an activating group) is 1. The molecule has 4 rings (SSSR count). The van der Waals surface area contributed by atoms with Gasteiger partial charge >= 0.3 is 6.18 Å². The Labute approximate surface area is 203 Å². The van der Waals surface area contributed by atoms with E-state index in [4.69, 9.17) is 0 Å². The number of piperidine rings is 1. The minimum Gasteiger partial charge on any atom is -0.369 e. The quantitative estimate of drug-likeness (QED) is 0.512. The molecule has 0 aromatic carbocycles. The molecule has 0 aliphatic carbocycles. The SMILES string of the molecule is CCN1CC[C@@H](n2cc(Nc3ncc(C(F)(F)F)c(NCCCN4CCCCC4=O)n3)c(C)n2)C1. The predicted molar refractivity (Wildman–Crippen MR) is 127 cm³/mol. The molecule has 35 heavy (non-hydrogen) atoms. The fourth-order valence-corrected chi connectivity index (χ4v) is 4.59. The van der Waals surface area contributed by atoms with Crippen LogP contribution in [0.25, 0.3) is 0 Å². The van der Waals surface area contributed by atoms with Crippen LogP contribution in [0.5, 0.6) is 0 Å². The van der Waals surface area contributed by atoms with Crippen molar-refractivity contribution >= 4 is 23.4 Å². The number of nitrogens with one attached hydrogen (secondary N) is 2. The number of hydrogen-bond acceptors (Lipinski definition) is 7. The second-order valence-corrected chi connectivity index (χ2v) is 9.14. The van der Waals surface area contributed by atoms with Crippen LogP contribution >= 0.6 is 0 Å². The molecule has 9 nitrogen and oxygen atoms in total. The van der Waals surface area contributed by atoms with Gasteiger partial charge in [0.25, 0.3) is 0 Å². The summed E-state index contributed by atoms with van der Waals surface area (Å²) in [6, 6.07) is 0.265. The zero-order valence-corrected chi connectivity index (χ0v) is 20.2. The van der Waals surface area contributed by atoms with Crippen LogP contribution in [-0.4, -0.2) is 74.7 Å². The molecule has 2 aromatic rings. The highest BCUT2D eigenvalue weighted by molar-refractivity contribution is 5.76. The Kier molecular flexibility index (Phi) is 7.78. The predicted octanol–water partition coefficient (Wildman–Crippen LogP) is 3.83. The summed E-state index contributed by atoms with van der Waals surface area (Å²) in [4.78, 5) is 24.1. The van der Waals surface area contributed by atoms with E-state index in [1.807, 2.05) is 17.8 Å². The summed E-state index contributed by atoms with van der Waals surface area (Å²) >= 11 is 0. The second kappa shape index (κ2) is 10.8. The Balaban J connectivity index is 1.42. The summed E-state index contributed by atoms with van der Waals surface area (Å²) in [5.74, 6) is -0.105. The fraction of sp³-hybridized carbons (Fsp3) is 0.652. The van der Waals surface area contributed by atoms with Gasteiger partial charge in [0, 0.05) is 51.5 Å². The molecule has 1 amide bonds. The number of rotatable bonds is 9. The summed E-state index contributed by atoms with van der Waals surface area (Å²) in [5.41, 5.74) is 0.466. The van der Waals surface area contributed by atoms with Crippen LogP contribution in [0.15, 0.2) is 12.4 Å². The number of alkyl halides is 3. The molecule has 1 atom stereocenters. The molecule has 0 radical (unpaired) electrons. The number of carbonyl (C=O) groups is 1. The number of aryl methyl sites for hydroxylation is 1. The number of carbonyl (C=O) groups excluding carboxylic acids is 1. The van der Waals surface area contributed by atoms with Crippen molar-refractivity contribution in [2.75, 3.05) is 49.9 Å². The average molecular weight is 495 g/mol. The van der Waals surface area contributed by atoms with E-state index in [1.54, 1.807) is 4.90 Å². The van der Waals surface area contributed by atoms with Crippen LogP contribution < -0.4 is 10.6 Å². The van der Waals surface area contributed by atoms with Crippen LogP contribution in [0.1, 0.15) is 56.3 Å². The van der Waals surface area contributed by atoms with Gasteiger partial charge in [0.15, 0.2) is 0 Å². The largest absolute Gasteiger partial charge is 0.421 e. The molecule has 0 saturated carbocycles. The minimum atomic E-state index is -4.59. The molecule has 192 valence electrons. The third-order valence-electron chi connectivity index (χ3n) is 6.64. The van der Waals surface area contributed by atoms with Crippen molar-refractivity contribution in [3.8, 4) is 0 Å². The van der Waals surface area contributed by atoms with Gasteiger partial charge in [-0.3, -0.25) is 9.48 Å². The molecule has 2 fully saturated rings. The van der Waals surface area contributed by atoms with Crippen molar-refractivity contribution in [1.82, 2.24) is 29.5 Å². The standard InChI is InChI=1S/C23H33F3N8O/c1-3-32-12-8-17(14-32)34-15-19(16(2)31-34)29-22-28-13-18(23(24,25)26)21(30-22)27-9-6-11-33-10-5-4-7-20(33)35/h13,15,17H,3-12,14H2,1-2H3,(H2,27,28,29,30)/t17-/m1/s1. The highest BCUT2D eigenvalue weighted by atomic mass is 19.4. The Bertz CT molecular complexity index is 1020. The van der Waals surface area contributed by atoms with E-state index in [2.05, 4.69) is 37.5 Å². The van der Waals surface area contributed by atoms with E-state index in [-0.39, 0.29) is 30.3 Å². The Morgan fingerprint density at radius 2 is 2.06 bits per heavy atom. The Hall–Kier alpha value is -2.89. The van der Waals surface area contributed by atoms with E-state index in [0.29, 0.717) is 31.6 Å². The lowest BCUT2D eigenvalue weighted by Crippen LogP contribution is -2.36. The first kappa shape index (κ1) is 25.2. The normalized spacial score (nSPS) is 19.4. The first-order chi connectivity index (χ1) is 16.7. The molecule has 2 aromatic heterocycles.